The minimum atomic E-state index is -0.435. The molecule has 3 nitrogen and oxygen atoms in total. The molecule has 0 aliphatic rings. The van der Waals surface area contributed by atoms with Gasteiger partial charge in [-0.05, 0) is 20.3 Å². The molecule has 86 valence electrons. The van der Waals surface area contributed by atoms with Gasteiger partial charge in [0.25, 0.3) is 0 Å². The van der Waals surface area contributed by atoms with Crippen LogP contribution < -0.4 is 0 Å². The summed E-state index contributed by atoms with van der Waals surface area (Å²) in [4.78, 5) is 5.40. The largest absolute Gasteiger partial charge is 0.388 e. The number of hydrogen-bond acceptors (Lipinski definition) is 4. The smallest absolute Gasteiger partial charge is 0.122 e. The molecule has 1 aromatic rings. The van der Waals surface area contributed by atoms with Crippen LogP contribution in [0.3, 0.4) is 0 Å². The molecule has 0 aliphatic carbocycles. The molecular formula is C11H19NO2S. The van der Waals surface area contributed by atoms with Gasteiger partial charge < -0.3 is 9.84 Å². The number of thiazole rings is 1. The third-order valence-corrected chi connectivity index (χ3v) is 3.76. The Hall–Kier alpha value is -0.450. The van der Waals surface area contributed by atoms with Crippen LogP contribution in [0, 0.1) is 6.92 Å². The first-order valence-corrected chi connectivity index (χ1v) is 6.09. The molecule has 0 saturated carbocycles. The zero-order valence-electron chi connectivity index (χ0n) is 9.78. The Bertz CT molecular complexity index is 310. The van der Waals surface area contributed by atoms with Crippen molar-refractivity contribution in [2.24, 2.45) is 0 Å². The molecule has 1 aromatic heterocycles. The molecule has 0 bridgehead atoms. The summed E-state index contributed by atoms with van der Waals surface area (Å²) in [5.74, 6) is 0. The lowest BCUT2D eigenvalue weighted by molar-refractivity contribution is 0.0947. The second kappa shape index (κ2) is 5.58. The summed E-state index contributed by atoms with van der Waals surface area (Å²) in [5.41, 5.74) is 0.920. The molecule has 0 spiro atoms. The molecule has 0 fully saturated rings. The minimum absolute atomic E-state index is 0.0752. The molecular weight excluding hydrogens is 210 g/mol. The SMILES string of the molecule is CCCC(OC)c1nc(C)c(C(C)O)s1. The highest BCUT2D eigenvalue weighted by atomic mass is 32.1. The Kier molecular flexibility index (Phi) is 4.70. The number of hydrogen-bond donors (Lipinski definition) is 1. The first-order valence-electron chi connectivity index (χ1n) is 5.28. The molecule has 0 amide bonds. The topological polar surface area (TPSA) is 42.4 Å². The van der Waals surface area contributed by atoms with Crippen molar-refractivity contribution >= 4 is 11.3 Å². The Morgan fingerprint density at radius 2 is 2.20 bits per heavy atom. The van der Waals surface area contributed by atoms with E-state index in [1.54, 1.807) is 25.4 Å². The lowest BCUT2D eigenvalue weighted by atomic mass is 10.2. The lowest BCUT2D eigenvalue weighted by Crippen LogP contribution is -2.00. The Morgan fingerprint density at radius 1 is 1.53 bits per heavy atom. The summed E-state index contributed by atoms with van der Waals surface area (Å²) < 4.78 is 5.39. The molecule has 0 aromatic carbocycles. The first-order chi connectivity index (χ1) is 7.10. The van der Waals surface area contributed by atoms with E-state index in [0.29, 0.717) is 0 Å². The van der Waals surface area contributed by atoms with E-state index in [4.69, 9.17) is 4.74 Å². The summed E-state index contributed by atoms with van der Waals surface area (Å²) in [7, 11) is 1.71. The Labute approximate surface area is 95.1 Å². The molecule has 1 heterocycles. The van der Waals surface area contributed by atoms with Crippen LogP contribution in [0.5, 0.6) is 0 Å². The number of methoxy groups -OCH3 is 1. The first kappa shape index (κ1) is 12.6. The van der Waals surface area contributed by atoms with Crippen molar-refractivity contribution in [1.29, 1.82) is 0 Å². The molecule has 15 heavy (non-hydrogen) atoms. The van der Waals surface area contributed by atoms with Crippen LogP contribution in [0.15, 0.2) is 0 Å². The Balaban J connectivity index is 2.89. The van der Waals surface area contributed by atoms with Gasteiger partial charge in [0.1, 0.15) is 11.1 Å². The maximum absolute atomic E-state index is 9.53. The van der Waals surface area contributed by atoms with E-state index in [-0.39, 0.29) is 6.10 Å². The van der Waals surface area contributed by atoms with Gasteiger partial charge in [0.2, 0.25) is 0 Å². The number of rotatable bonds is 5. The van der Waals surface area contributed by atoms with E-state index in [2.05, 4.69) is 11.9 Å². The Morgan fingerprint density at radius 3 is 2.60 bits per heavy atom. The number of aliphatic hydroxyl groups excluding tert-OH is 1. The van der Waals surface area contributed by atoms with Gasteiger partial charge in [-0.15, -0.1) is 11.3 Å². The van der Waals surface area contributed by atoms with Crippen molar-refractivity contribution in [2.45, 2.75) is 45.8 Å². The molecule has 2 atom stereocenters. The monoisotopic (exact) mass is 229 g/mol. The lowest BCUT2D eigenvalue weighted by Gasteiger charge is -2.10. The number of aromatic nitrogens is 1. The van der Waals surface area contributed by atoms with Gasteiger partial charge in [0.15, 0.2) is 0 Å². The zero-order valence-corrected chi connectivity index (χ0v) is 10.6. The molecule has 1 N–H and O–H groups in total. The molecule has 0 aliphatic heterocycles. The van der Waals surface area contributed by atoms with Gasteiger partial charge in [-0.25, -0.2) is 4.98 Å². The molecule has 1 rings (SSSR count). The predicted molar refractivity (Wildman–Crippen MR) is 62.1 cm³/mol. The fourth-order valence-corrected chi connectivity index (χ4v) is 2.68. The van der Waals surface area contributed by atoms with Crippen LogP contribution in [-0.4, -0.2) is 17.2 Å². The van der Waals surface area contributed by atoms with E-state index >= 15 is 0 Å². The molecule has 0 saturated heterocycles. The number of aryl methyl sites for hydroxylation is 1. The highest BCUT2D eigenvalue weighted by molar-refractivity contribution is 7.11. The van der Waals surface area contributed by atoms with Crippen LogP contribution in [0.4, 0.5) is 0 Å². The second-order valence-electron chi connectivity index (χ2n) is 3.69. The minimum Gasteiger partial charge on any atom is -0.388 e. The highest BCUT2D eigenvalue weighted by Crippen LogP contribution is 2.31. The maximum atomic E-state index is 9.53. The van der Waals surface area contributed by atoms with E-state index < -0.39 is 6.10 Å². The van der Waals surface area contributed by atoms with Crippen molar-refractivity contribution < 1.29 is 9.84 Å². The summed E-state index contributed by atoms with van der Waals surface area (Å²) in [6.07, 6.45) is 1.69. The van der Waals surface area contributed by atoms with Gasteiger partial charge in [-0.3, -0.25) is 0 Å². The van der Waals surface area contributed by atoms with Crippen molar-refractivity contribution in [1.82, 2.24) is 4.98 Å². The van der Waals surface area contributed by atoms with Gasteiger partial charge in [0, 0.05) is 7.11 Å². The van der Waals surface area contributed by atoms with Crippen LogP contribution >= 0.6 is 11.3 Å². The van der Waals surface area contributed by atoms with Gasteiger partial charge in [-0.1, -0.05) is 13.3 Å². The van der Waals surface area contributed by atoms with E-state index in [0.717, 1.165) is 28.4 Å². The quantitative estimate of drug-likeness (QED) is 0.844. The van der Waals surface area contributed by atoms with Gasteiger partial charge >= 0.3 is 0 Å². The summed E-state index contributed by atoms with van der Waals surface area (Å²) in [6.45, 7) is 5.83. The van der Waals surface area contributed by atoms with E-state index in [9.17, 15) is 5.11 Å². The van der Waals surface area contributed by atoms with Crippen LogP contribution in [0.25, 0.3) is 0 Å². The molecule has 4 heteroatoms. The second-order valence-corrected chi connectivity index (χ2v) is 4.75. The third-order valence-electron chi connectivity index (χ3n) is 2.34. The van der Waals surface area contributed by atoms with Crippen LogP contribution in [0.1, 0.15) is 54.5 Å². The normalized spacial score (nSPS) is 15.3. The molecule has 0 radical (unpaired) electrons. The average molecular weight is 229 g/mol. The van der Waals surface area contributed by atoms with E-state index in [1.807, 2.05) is 6.92 Å². The van der Waals surface area contributed by atoms with Crippen molar-refractivity contribution in [3.8, 4) is 0 Å². The predicted octanol–water partition coefficient (Wildman–Crippen LogP) is 2.99. The van der Waals surface area contributed by atoms with Crippen LogP contribution in [0.2, 0.25) is 0 Å². The summed E-state index contributed by atoms with van der Waals surface area (Å²) >= 11 is 1.55. The standard InChI is InChI=1S/C11H19NO2S/c1-5-6-9(14-4)11-12-7(2)10(15-11)8(3)13/h8-9,13H,5-6H2,1-4H3. The fourth-order valence-electron chi connectivity index (χ4n) is 1.56. The summed E-state index contributed by atoms with van der Waals surface area (Å²) in [6, 6.07) is 0. The maximum Gasteiger partial charge on any atom is 0.122 e. The highest BCUT2D eigenvalue weighted by Gasteiger charge is 2.18. The van der Waals surface area contributed by atoms with Crippen molar-refractivity contribution in [3.05, 3.63) is 15.6 Å². The zero-order chi connectivity index (χ0) is 11.4. The average Bonchev–Trinajstić information content (AvgIpc) is 2.56. The van der Waals surface area contributed by atoms with Gasteiger partial charge in [0.05, 0.1) is 16.7 Å². The van der Waals surface area contributed by atoms with E-state index in [1.165, 1.54) is 0 Å². The third kappa shape index (κ3) is 3.00. The number of ether oxygens (including phenoxy) is 1. The molecule has 2 unspecified atom stereocenters. The number of aliphatic hydroxyl groups is 1. The summed E-state index contributed by atoms with van der Waals surface area (Å²) in [5, 5.41) is 10.5. The fraction of sp³-hybridized carbons (Fsp3) is 0.727. The van der Waals surface area contributed by atoms with Crippen LogP contribution in [-0.2, 0) is 4.74 Å². The number of nitrogens with zero attached hydrogens (tertiary/aromatic N) is 1. The van der Waals surface area contributed by atoms with Crippen molar-refractivity contribution in [2.75, 3.05) is 7.11 Å². The van der Waals surface area contributed by atoms with Gasteiger partial charge in [-0.2, -0.15) is 0 Å². The van der Waals surface area contributed by atoms with Crippen molar-refractivity contribution in [3.63, 3.8) is 0 Å².